The van der Waals surface area contributed by atoms with Crippen molar-refractivity contribution in [1.82, 2.24) is 4.98 Å². The van der Waals surface area contributed by atoms with Gasteiger partial charge < -0.3 is 10.1 Å². The number of aromatic nitrogens is 1. The molecule has 5 heteroatoms. The van der Waals surface area contributed by atoms with Crippen molar-refractivity contribution in [3.63, 3.8) is 0 Å². The Morgan fingerprint density at radius 2 is 2.33 bits per heavy atom. The van der Waals surface area contributed by atoms with E-state index in [0.29, 0.717) is 12.6 Å². The molecule has 0 spiro atoms. The van der Waals surface area contributed by atoms with E-state index >= 15 is 0 Å². The molecule has 0 amide bonds. The van der Waals surface area contributed by atoms with Crippen molar-refractivity contribution in [1.29, 1.82) is 0 Å². The fourth-order valence-electron chi connectivity index (χ4n) is 2.75. The maximum atomic E-state index is 12.1. The molecule has 1 aromatic heterocycles. The summed E-state index contributed by atoms with van der Waals surface area (Å²) >= 11 is 1.71. The average molecular weight is 310 g/mol. The highest BCUT2D eigenvalue weighted by Crippen LogP contribution is 2.37. The van der Waals surface area contributed by atoms with Crippen molar-refractivity contribution >= 4 is 22.4 Å². The number of unbranched alkanes of at least 4 members (excludes halogenated alkanes) is 1. The monoisotopic (exact) mass is 310 g/mol. The van der Waals surface area contributed by atoms with Crippen LogP contribution < -0.4 is 5.32 Å². The summed E-state index contributed by atoms with van der Waals surface area (Å²) < 4.78 is 5.19. The third kappa shape index (κ3) is 4.19. The van der Waals surface area contributed by atoms with Crippen LogP contribution in [0.25, 0.3) is 0 Å². The molecule has 2 atom stereocenters. The number of carbonyl (C=O) groups is 1. The summed E-state index contributed by atoms with van der Waals surface area (Å²) in [6.45, 7) is 6.69. The van der Waals surface area contributed by atoms with E-state index in [2.05, 4.69) is 19.2 Å². The number of anilines is 1. The van der Waals surface area contributed by atoms with Crippen LogP contribution in [0.3, 0.4) is 0 Å². The van der Waals surface area contributed by atoms with Gasteiger partial charge >= 0.3 is 5.97 Å². The van der Waals surface area contributed by atoms with E-state index in [0.717, 1.165) is 36.5 Å². The summed E-state index contributed by atoms with van der Waals surface area (Å²) in [5.41, 5.74) is 0.954. The first-order valence-corrected chi connectivity index (χ1v) is 8.90. The standard InChI is InChI=1S/C16H26N2O2S/c1-4-6-8-11(3)17-16-18-14-12(15(19)20-5-2)9-7-10-13(14)21-16/h11-12H,4-10H2,1-3H3,(H,17,18). The van der Waals surface area contributed by atoms with Crippen LogP contribution in [0.5, 0.6) is 0 Å². The first kappa shape index (κ1) is 16.3. The minimum Gasteiger partial charge on any atom is -0.465 e. The van der Waals surface area contributed by atoms with E-state index < -0.39 is 0 Å². The van der Waals surface area contributed by atoms with Gasteiger partial charge in [0.15, 0.2) is 5.13 Å². The third-order valence-corrected chi connectivity index (χ3v) is 4.95. The predicted octanol–water partition coefficient (Wildman–Crippen LogP) is 4.12. The van der Waals surface area contributed by atoms with Crippen LogP contribution in [-0.2, 0) is 16.0 Å². The Morgan fingerprint density at radius 1 is 1.52 bits per heavy atom. The average Bonchev–Trinajstić information content (AvgIpc) is 2.87. The molecule has 1 N–H and O–H groups in total. The first-order valence-electron chi connectivity index (χ1n) is 8.08. The van der Waals surface area contributed by atoms with Crippen molar-refractivity contribution < 1.29 is 9.53 Å². The van der Waals surface area contributed by atoms with Gasteiger partial charge in [0.25, 0.3) is 0 Å². The predicted molar refractivity (Wildman–Crippen MR) is 87.0 cm³/mol. The quantitative estimate of drug-likeness (QED) is 0.770. The van der Waals surface area contributed by atoms with Gasteiger partial charge in [-0.2, -0.15) is 0 Å². The Kier molecular flexibility index (Phi) is 6.03. The molecular formula is C16H26N2O2S. The normalized spacial score (nSPS) is 18.9. The zero-order valence-corrected chi connectivity index (χ0v) is 14.1. The summed E-state index contributed by atoms with van der Waals surface area (Å²) in [5, 5.41) is 4.44. The summed E-state index contributed by atoms with van der Waals surface area (Å²) in [6, 6.07) is 0.429. The zero-order chi connectivity index (χ0) is 15.2. The fraction of sp³-hybridized carbons (Fsp3) is 0.750. The van der Waals surface area contributed by atoms with Crippen molar-refractivity contribution in [2.45, 2.75) is 71.3 Å². The molecule has 1 aromatic rings. The van der Waals surface area contributed by atoms with Crippen molar-refractivity contribution in [3.8, 4) is 0 Å². The minimum absolute atomic E-state index is 0.116. The molecule has 0 saturated carbocycles. The lowest BCUT2D eigenvalue weighted by Gasteiger charge is -2.19. The number of aryl methyl sites for hydroxylation is 1. The lowest BCUT2D eigenvalue weighted by Crippen LogP contribution is -2.20. The molecule has 0 saturated heterocycles. The second-order valence-corrected chi connectivity index (χ2v) is 6.80. The second kappa shape index (κ2) is 7.78. The Bertz CT molecular complexity index is 473. The van der Waals surface area contributed by atoms with E-state index in [-0.39, 0.29) is 11.9 Å². The summed E-state index contributed by atoms with van der Waals surface area (Å²) in [6.07, 6.45) is 6.54. The Labute approximate surface area is 131 Å². The molecule has 1 aliphatic carbocycles. The lowest BCUT2D eigenvalue weighted by atomic mass is 9.91. The van der Waals surface area contributed by atoms with Crippen LogP contribution >= 0.6 is 11.3 Å². The number of nitrogens with one attached hydrogen (secondary N) is 1. The molecule has 0 radical (unpaired) electrons. The highest BCUT2D eigenvalue weighted by molar-refractivity contribution is 7.15. The summed E-state index contributed by atoms with van der Waals surface area (Å²) in [4.78, 5) is 18.0. The molecule has 2 rings (SSSR count). The maximum Gasteiger partial charge on any atom is 0.315 e. The van der Waals surface area contributed by atoms with Gasteiger partial charge in [-0.3, -0.25) is 4.79 Å². The third-order valence-electron chi connectivity index (χ3n) is 3.89. The topological polar surface area (TPSA) is 51.2 Å². The second-order valence-electron chi connectivity index (χ2n) is 5.71. The smallest absolute Gasteiger partial charge is 0.315 e. The van der Waals surface area contributed by atoms with Crippen LogP contribution in [0.1, 0.15) is 69.4 Å². The van der Waals surface area contributed by atoms with Crippen molar-refractivity contribution in [2.24, 2.45) is 0 Å². The molecule has 21 heavy (non-hydrogen) atoms. The van der Waals surface area contributed by atoms with Crippen LogP contribution in [0.4, 0.5) is 5.13 Å². The van der Waals surface area contributed by atoms with Gasteiger partial charge in [-0.05, 0) is 39.5 Å². The highest BCUT2D eigenvalue weighted by Gasteiger charge is 2.31. The number of thiazole rings is 1. The van der Waals surface area contributed by atoms with Gasteiger partial charge in [0.05, 0.1) is 12.3 Å². The van der Waals surface area contributed by atoms with Crippen LogP contribution in [0, 0.1) is 0 Å². The molecule has 0 bridgehead atoms. The van der Waals surface area contributed by atoms with Gasteiger partial charge in [0.1, 0.15) is 5.92 Å². The number of hydrogen-bond donors (Lipinski definition) is 1. The molecule has 0 fully saturated rings. The molecule has 118 valence electrons. The molecule has 4 nitrogen and oxygen atoms in total. The summed E-state index contributed by atoms with van der Waals surface area (Å²) in [5.74, 6) is -0.277. The minimum atomic E-state index is -0.161. The fourth-order valence-corrected chi connectivity index (χ4v) is 3.92. The number of fused-ring (bicyclic) bond motifs is 1. The number of ether oxygens (including phenoxy) is 1. The number of hydrogen-bond acceptors (Lipinski definition) is 5. The van der Waals surface area contributed by atoms with E-state index in [1.807, 2.05) is 6.92 Å². The first-order chi connectivity index (χ1) is 10.2. The van der Waals surface area contributed by atoms with Crippen LogP contribution in [0.2, 0.25) is 0 Å². The van der Waals surface area contributed by atoms with Crippen LogP contribution in [-0.4, -0.2) is 23.6 Å². The van der Waals surface area contributed by atoms with Gasteiger partial charge in [0, 0.05) is 10.9 Å². The number of esters is 1. The van der Waals surface area contributed by atoms with Gasteiger partial charge in [-0.25, -0.2) is 4.98 Å². The molecule has 0 aromatic carbocycles. The maximum absolute atomic E-state index is 12.1. The van der Waals surface area contributed by atoms with E-state index in [1.165, 1.54) is 17.7 Å². The highest BCUT2D eigenvalue weighted by atomic mass is 32.1. The number of carbonyl (C=O) groups excluding carboxylic acids is 1. The van der Waals surface area contributed by atoms with Crippen LogP contribution in [0.15, 0.2) is 0 Å². The Balaban J connectivity index is 2.06. The van der Waals surface area contributed by atoms with Gasteiger partial charge in [-0.1, -0.05) is 19.8 Å². The lowest BCUT2D eigenvalue weighted by molar-refractivity contribution is -0.145. The molecule has 1 heterocycles. The van der Waals surface area contributed by atoms with Crippen molar-refractivity contribution in [3.05, 3.63) is 10.6 Å². The largest absolute Gasteiger partial charge is 0.465 e. The SMILES string of the molecule is CCCCC(C)Nc1nc2c(s1)CCCC2C(=O)OCC. The molecular weight excluding hydrogens is 284 g/mol. The Hall–Kier alpha value is -1.10. The number of rotatable bonds is 7. The molecule has 2 unspecified atom stereocenters. The van der Waals surface area contributed by atoms with Gasteiger partial charge in [0.2, 0.25) is 0 Å². The van der Waals surface area contributed by atoms with Crippen molar-refractivity contribution in [2.75, 3.05) is 11.9 Å². The number of nitrogens with zero attached hydrogens (tertiary/aromatic N) is 1. The molecule has 1 aliphatic rings. The zero-order valence-electron chi connectivity index (χ0n) is 13.3. The van der Waals surface area contributed by atoms with Gasteiger partial charge in [-0.15, -0.1) is 11.3 Å². The Morgan fingerprint density at radius 3 is 3.05 bits per heavy atom. The van der Waals surface area contributed by atoms with E-state index in [1.54, 1.807) is 11.3 Å². The summed E-state index contributed by atoms with van der Waals surface area (Å²) in [7, 11) is 0. The molecule has 0 aliphatic heterocycles. The van der Waals surface area contributed by atoms with E-state index in [9.17, 15) is 4.79 Å². The van der Waals surface area contributed by atoms with E-state index in [4.69, 9.17) is 9.72 Å².